The second kappa shape index (κ2) is 6.38. The summed E-state index contributed by atoms with van der Waals surface area (Å²) in [6, 6.07) is -1.68. The molecule has 0 aliphatic carbocycles. The molecule has 0 aromatic carbocycles. The number of aliphatic hydroxyl groups excluding tert-OH is 1. The Morgan fingerprint density at radius 2 is 2.15 bits per heavy atom. The number of methoxy groups -OCH3 is 1. The Kier molecular flexibility index (Phi) is 4.79. The monoisotopic (exact) mass is 288 g/mol. The zero-order chi connectivity index (χ0) is 14.7. The maximum atomic E-state index is 12.5. The SMILES string of the molecule is COC1CC(C(=O)O)N(C(=O)N2CCOCC2CO)C1. The normalized spacial score (nSPS) is 30.6. The van der Waals surface area contributed by atoms with Crippen molar-refractivity contribution in [1.82, 2.24) is 9.80 Å². The van der Waals surface area contributed by atoms with Crippen LogP contribution in [0.1, 0.15) is 6.42 Å². The second-order valence-electron chi connectivity index (χ2n) is 4.99. The van der Waals surface area contributed by atoms with Crippen molar-refractivity contribution in [2.75, 3.05) is 40.0 Å². The predicted molar refractivity (Wildman–Crippen MR) is 67.3 cm³/mol. The van der Waals surface area contributed by atoms with Gasteiger partial charge in [-0.3, -0.25) is 0 Å². The summed E-state index contributed by atoms with van der Waals surface area (Å²) >= 11 is 0. The fraction of sp³-hybridized carbons (Fsp3) is 0.833. The summed E-state index contributed by atoms with van der Waals surface area (Å²) in [4.78, 5) is 26.6. The molecular formula is C12H20N2O6. The standard InChI is InChI=1S/C12H20N2O6/c1-19-9-4-10(11(16)17)14(5-9)12(18)13-2-3-20-7-8(13)6-15/h8-10,15H,2-7H2,1H3,(H,16,17). The van der Waals surface area contributed by atoms with Gasteiger partial charge in [0, 0.05) is 26.6 Å². The van der Waals surface area contributed by atoms with Gasteiger partial charge in [-0.1, -0.05) is 0 Å². The van der Waals surface area contributed by atoms with Crippen LogP contribution in [0.3, 0.4) is 0 Å². The Morgan fingerprint density at radius 1 is 1.40 bits per heavy atom. The highest BCUT2D eigenvalue weighted by Gasteiger charge is 2.43. The van der Waals surface area contributed by atoms with Crippen LogP contribution < -0.4 is 0 Å². The molecule has 0 bridgehead atoms. The zero-order valence-electron chi connectivity index (χ0n) is 11.4. The molecule has 3 unspecified atom stereocenters. The molecule has 2 rings (SSSR count). The number of morpholine rings is 1. The van der Waals surface area contributed by atoms with E-state index in [1.807, 2.05) is 0 Å². The minimum Gasteiger partial charge on any atom is -0.480 e. The minimum atomic E-state index is -1.04. The number of hydrogen-bond acceptors (Lipinski definition) is 5. The molecule has 2 amide bonds. The van der Waals surface area contributed by atoms with Crippen LogP contribution in [-0.4, -0.2) is 90.2 Å². The number of carbonyl (C=O) groups is 2. The third-order valence-electron chi connectivity index (χ3n) is 3.81. The summed E-state index contributed by atoms with van der Waals surface area (Å²) in [7, 11) is 1.50. The van der Waals surface area contributed by atoms with E-state index in [4.69, 9.17) is 9.47 Å². The second-order valence-corrected chi connectivity index (χ2v) is 4.99. The van der Waals surface area contributed by atoms with Crippen molar-refractivity contribution in [1.29, 1.82) is 0 Å². The quantitative estimate of drug-likeness (QED) is 0.689. The molecule has 0 aromatic heterocycles. The lowest BCUT2D eigenvalue weighted by Gasteiger charge is -2.37. The molecular weight excluding hydrogens is 268 g/mol. The molecule has 0 spiro atoms. The number of rotatable bonds is 3. The number of aliphatic hydroxyl groups is 1. The van der Waals surface area contributed by atoms with Gasteiger partial charge in [-0.15, -0.1) is 0 Å². The smallest absolute Gasteiger partial charge is 0.326 e. The van der Waals surface area contributed by atoms with Crippen LogP contribution in [0.25, 0.3) is 0 Å². The third-order valence-corrected chi connectivity index (χ3v) is 3.81. The van der Waals surface area contributed by atoms with E-state index in [1.165, 1.54) is 16.9 Å². The number of likely N-dealkylation sites (tertiary alicyclic amines) is 1. The van der Waals surface area contributed by atoms with Crippen molar-refractivity contribution in [3.63, 3.8) is 0 Å². The number of carbonyl (C=O) groups excluding carboxylic acids is 1. The fourth-order valence-corrected chi connectivity index (χ4v) is 2.64. The van der Waals surface area contributed by atoms with Gasteiger partial charge in [0.15, 0.2) is 0 Å². The van der Waals surface area contributed by atoms with Crippen molar-refractivity contribution in [2.24, 2.45) is 0 Å². The lowest BCUT2D eigenvalue weighted by Crippen LogP contribution is -2.56. The molecule has 2 aliphatic rings. The number of hydrogen-bond donors (Lipinski definition) is 2. The highest BCUT2D eigenvalue weighted by molar-refractivity contribution is 5.83. The first-order chi connectivity index (χ1) is 9.58. The van der Waals surface area contributed by atoms with E-state index in [0.29, 0.717) is 13.2 Å². The number of ether oxygens (including phenoxy) is 2. The van der Waals surface area contributed by atoms with Crippen LogP contribution in [-0.2, 0) is 14.3 Å². The number of carboxylic acids is 1. The van der Waals surface area contributed by atoms with E-state index < -0.39 is 18.1 Å². The van der Waals surface area contributed by atoms with Crippen molar-refractivity contribution < 1.29 is 29.3 Å². The van der Waals surface area contributed by atoms with E-state index >= 15 is 0 Å². The van der Waals surface area contributed by atoms with Gasteiger partial charge in [0.2, 0.25) is 0 Å². The Hall–Kier alpha value is -1.38. The lowest BCUT2D eigenvalue weighted by molar-refractivity contribution is -0.141. The molecule has 2 heterocycles. The van der Waals surface area contributed by atoms with E-state index in [9.17, 15) is 19.8 Å². The summed E-state index contributed by atoms with van der Waals surface area (Å²) in [5.41, 5.74) is 0. The van der Waals surface area contributed by atoms with E-state index in [2.05, 4.69) is 0 Å². The molecule has 8 nitrogen and oxygen atoms in total. The lowest BCUT2D eigenvalue weighted by atomic mass is 10.2. The average molecular weight is 288 g/mol. The molecule has 0 aromatic rings. The Balaban J connectivity index is 2.11. The molecule has 2 aliphatic heterocycles. The Bertz CT molecular complexity index is 377. The van der Waals surface area contributed by atoms with Crippen LogP contribution in [0.15, 0.2) is 0 Å². The molecule has 2 N–H and O–H groups in total. The summed E-state index contributed by atoms with van der Waals surface area (Å²) in [6.07, 6.45) is 0.0137. The topological polar surface area (TPSA) is 99.5 Å². The molecule has 114 valence electrons. The predicted octanol–water partition coefficient (Wildman–Crippen LogP) is -1.03. The van der Waals surface area contributed by atoms with Gasteiger partial charge in [-0.05, 0) is 0 Å². The maximum absolute atomic E-state index is 12.5. The average Bonchev–Trinajstić information content (AvgIpc) is 2.91. The molecule has 0 radical (unpaired) electrons. The first kappa shape index (κ1) is 15.0. The molecule has 2 saturated heterocycles. The fourth-order valence-electron chi connectivity index (χ4n) is 2.64. The first-order valence-corrected chi connectivity index (χ1v) is 6.60. The third kappa shape index (κ3) is 2.87. The summed E-state index contributed by atoms with van der Waals surface area (Å²) in [5.74, 6) is -1.04. The number of nitrogens with zero attached hydrogens (tertiary/aromatic N) is 2. The van der Waals surface area contributed by atoms with Crippen molar-refractivity contribution in [2.45, 2.75) is 24.6 Å². The Labute approximate surface area is 116 Å². The summed E-state index contributed by atoms with van der Waals surface area (Å²) < 4.78 is 10.4. The Morgan fingerprint density at radius 3 is 2.75 bits per heavy atom. The highest BCUT2D eigenvalue weighted by Crippen LogP contribution is 2.23. The number of amides is 2. The van der Waals surface area contributed by atoms with Crippen molar-refractivity contribution in [3.05, 3.63) is 0 Å². The molecule has 20 heavy (non-hydrogen) atoms. The van der Waals surface area contributed by atoms with E-state index in [1.54, 1.807) is 0 Å². The molecule has 0 saturated carbocycles. The molecule has 8 heteroatoms. The summed E-state index contributed by atoms with van der Waals surface area (Å²) in [5, 5.41) is 18.5. The van der Waals surface area contributed by atoms with Crippen molar-refractivity contribution in [3.8, 4) is 0 Å². The van der Waals surface area contributed by atoms with Gasteiger partial charge in [0.05, 0.1) is 32.0 Å². The van der Waals surface area contributed by atoms with Gasteiger partial charge in [0.25, 0.3) is 0 Å². The van der Waals surface area contributed by atoms with Gasteiger partial charge in [0.1, 0.15) is 6.04 Å². The van der Waals surface area contributed by atoms with Gasteiger partial charge in [-0.2, -0.15) is 0 Å². The summed E-state index contributed by atoms with van der Waals surface area (Å²) in [6.45, 7) is 1.06. The van der Waals surface area contributed by atoms with Crippen LogP contribution in [0.4, 0.5) is 4.79 Å². The van der Waals surface area contributed by atoms with Crippen LogP contribution in [0.5, 0.6) is 0 Å². The number of urea groups is 1. The van der Waals surface area contributed by atoms with Crippen LogP contribution in [0, 0.1) is 0 Å². The van der Waals surface area contributed by atoms with Crippen LogP contribution in [0.2, 0.25) is 0 Å². The van der Waals surface area contributed by atoms with Crippen LogP contribution >= 0.6 is 0 Å². The molecule has 3 atom stereocenters. The van der Waals surface area contributed by atoms with Gasteiger partial charge >= 0.3 is 12.0 Å². The zero-order valence-corrected chi connectivity index (χ0v) is 11.4. The van der Waals surface area contributed by atoms with Crippen molar-refractivity contribution >= 4 is 12.0 Å². The number of carboxylic acid groups (broad SMARTS) is 1. The highest BCUT2D eigenvalue weighted by atomic mass is 16.5. The van der Waals surface area contributed by atoms with Gasteiger partial charge in [-0.25, -0.2) is 9.59 Å². The van der Waals surface area contributed by atoms with E-state index in [-0.39, 0.29) is 38.3 Å². The molecule has 2 fully saturated rings. The minimum absolute atomic E-state index is 0.203. The van der Waals surface area contributed by atoms with Gasteiger partial charge < -0.3 is 29.5 Å². The number of aliphatic carboxylic acids is 1. The van der Waals surface area contributed by atoms with E-state index in [0.717, 1.165) is 0 Å². The largest absolute Gasteiger partial charge is 0.480 e. The maximum Gasteiger partial charge on any atom is 0.326 e. The first-order valence-electron chi connectivity index (χ1n) is 6.60.